The molecule has 2 N–H and O–H groups in total. The molecule has 4 heteroatoms. The van der Waals surface area contributed by atoms with Crippen molar-refractivity contribution in [3.63, 3.8) is 0 Å². The lowest BCUT2D eigenvalue weighted by molar-refractivity contribution is -0.117. The molecule has 1 heterocycles. The number of anilines is 2. The topological polar surface area (TPSA) is 44.4 Å². The number of carbonyl (C=O) groups is 1. The van der Waals surface area contributed by atoms with Gasteiger partial charge in [0.05, 0.1) is 0 Å². The van der Waals surface area contributed by atoms with Gasteiger partial charge in [-0.05, 0) is 56.1 Å². The van der Waals surface area contributed by atoms with Gasteiger partial charge >= 0.3 is 0 Å². The van der Waals surface area contributed by atoms with Crippen LogP contribution in [0.4, 0.5) is 11.4 Å². The van der Waals surface area contributed by atoms with Crippen molar-refractivity contribution in [1.29, 1.82) is 0 Å². The highest BCUT2D eigenvalue weighted by atomic mass is 16.1. The van der Waals surface area contributed by atoms with Gasteiger partial charge in [-0.2, -0.15) is 0 Å². The van der Waals surface area contributed by atoms with Crippen LogP contribution in [-0.4, -0.2) is 33.1 Å². The number of amides is 1. The molecular weight excluding hydrogens is 238 g/mol. The minimum absolute atomic E-state index is 0.129. The number of benzene rings is 1. The van der Waals surface area contributed by atoms with Crippen LogP contribution in [0.1, 0.15) is 19.3 Å². The normalized spacial score (nSPS) is 16.1. The van der Waals surface area contributed by atoms with E-state index in [-0.39, 0.29) is 5.91 Å². The lowest BCUT2D eigenvalue weighted by Gasteiger charge is -2.22. The maximum Gasteiger partial charge on any atom is 0.224 e. The minimum atomic E-state index is 0.129. The van der Waals surface area contributed by atoms with Gasteiger partial charge in [-0.25, -0.2) is 0 Å². The first kappa shape index (κ1) is 13.9. The van der Waals surface area contributed by atoms with Crippen molar-refractivity contribution in [3.8, 4) is 0 Å². The van der Waals surface area contributed by atoms with Crippen LogP contribution in [0.25, 0.3) is 0 Å². The maximum atomic E-state index is 12.0. The summed E-state index contributed by atoms with van der Waals surface area (Å²) in [5, 5.41) is 6.30. The van der Waals surface area contributed by atoms with Crippen LogP contribution < -0.4 is 15.5 Å². The van der Waals surface area contributed by atoms with Gasteiger partial charge in [-0.15, -0.1) is 0 Å². The van der Waals surface area contributed by atoms with Crippen molar-refractivity contribution in [2.24, 2.45) is 5.92 Å². The maximum absolute atomic E-state index is 12.0. The number of hydrogen-bond donors (Lipinski definition) is 2. The van der Waals surface area contributed by atoms with E-state index < -0.39 is 0 Å². The summed E-state index contributed by atoms with van der Waals surface area (Å²) >= 11 is 0. The zero-order valence-electron chi connectivity index (χ0n) is 11.8. The molecule has 0 radical (unpaired) electrons. The van der Waals surface area contributed by atoms with Gasteiger partial charge in [0.1, 0.15) is 0 Å². The van der Waals surface area contributed by atoms with E-state index in [1.54, 1.807) is 0 Å². The van der Waals surface area contributed by atoms with E-state index in [0.29, 0.717) is 12.3 Å². The fraction of sp³-hybridized carbons (Fsp3) is 0.533. The summed E-state index contributed by atoms with van der Waals surface area (Å²) in [6.07, 6.45) is 2.84. The van der Waals surface area contributed by atoms with Crippen molar-refractivity contribution in [3.05, 3.63) is 24.3 Å². The van der Waals surface area contributed by atoms with Crippen LogP contribution in [0.2, 0.25) is 0 Å². The Morgan fingerprint density at radius 2 is 1.89 bits per heavy atom. The molecule has 0 spiro atoms. The first-order chi connectivity index (χ1) is 9.15. The Balaban J connectivity index is 1.84. The molecule has 19 heavy (non-hydrogen) atoms. The molecule has 0 unspecified atom stereocenters. The Hall–Kier alpha value is -1.55. The smallest absolute Gasteiger partial charge is 0.224 e. The summed E-state index contributed by atoms with van der Waals surface area (Å²) in [5.41, 5.74) is 2.01. The number of nitrogens with zero attached hydrogens (tertiary/aromatic N) is 1. The average molecular weight is 261 g/mol. The number of nitrogens with one attached hydrogen (secondary N) is 2. The van der Waals surface area contributed by atoms with Crippen molar-refractivity contribution in [2.75, 3.05) is 37.4 Å². The largest absolute Gasteiger partial charge is 0.378 e. The highest BCUT2D eigenvalue weighted by Crippen LogP contribution is 2.19. The van der Waals surface area contributed by atoms with Gasteiger partial charge in [0, 0.05) is 31.9 Å². The van der Waals surface area contributed by atoms with E-state index in [4.69, 9.17) is 0 Å². The number of hydrogen-bond acceptors (Lipinski definition) is 3. The van der Waals surface area contributed by atoms with E-state index in [0.717, 1.165) is 37.3 Å². The molecule has 1 aliphatic heterocycles. The molecule has 0 aliphatic carbocycles. The highest BCUT2D eigenvalue weighted by Gasteiger charge is 2.16. The van der Waals surface area contributed by atoms with E-state index in [9.17, 15) is 4.79 Å². The molecule has 1 fully saturated rings. The van der Waals surface area contributed by atoms with E-state index in [1.807, 2.05) is 43.3 Å². The van der Waals surface area contributed by atoms with Gasteiger partial charge in [0.25, 0.3) is 0 Å². The summed E-state index contributed by atoms with van der Waals surface area (Å²) < 4.78 is 0. The van der Waals surface area contributed by atoms with Gasteiger partial charge in [-0.3, -0.25) is 4.79 Å². The molecular formula is C15H23N3O. The van der Waals surface area contributed by atoms with Crippen LogP contribution in [0.15, 0.2) is 24.3 Å². The summed E-state index contributed by atoms with van der Waals surface area (Å²) in [6.45, 7) is 2.07. The van der Waals surface area contributed by atoms with Gasteiger partial charge in [-0.1, -0.05) is 0 Å². The lowest BCUT2D eigenvalue weighted by Crippen LogP contribution is -2.30. The molecule has 0 atom stereocenters. The summed E-state index contributed by atoms with van der Waals surface area (Å²) in [6, 6.07) is 7.94. The fourth-order valence-corrected chi connectivity index (χ4v) is 2.40. The third-order valence-corrected chi connectivity index (χ3v) is 3.60. The van der Waals surface area contributed by atoms with Gasteiger partial charge in [0.15, 0.2) is 0 Å². The second-order valence-electron chi connectivity index (χ2n) is 5.39. The number of piperidine rings is 1. The molecule has 0 saturated carbocycles. The molecule has 1 aromatic rings. The Morgan fingerprint density at radius 1 is 1.26 bits per heavy atom. The Kier molecular flexibility index (Phi) is 4.80. The minimum Gasteiger partial charge on any atom is -0.378 e. The van der Waals surface area contributed by atoms with E-state index in [2.05, 4.69) is 10.6 Å². The van der Waals surface area contributed by atoms with Gasteiger partial charge in [0.2, 0.25) is 5.91 Å². The SMILES string of the molecule is CN(C)c1ccc(NC(=O)CC2CCNCC2)cc1. The average Bonchev–Trinajstić information content (AvgIpc) is 2.40. The predicted octanol–water partition coefficient (Wildman–Crippen LogP) is 2.08. The third-order valence-electron chi connectivity index (χ3n) is 3.60. The van der Waals surface area contributed by atoms with Crippen LogP contribution >= 0.6 is 0 Å². The zero-order chi connectivity index (χ0) is 13.7. The molecule has 1 aliphatic rings. The van der Waals surface area contributed by atoms with Crippen LogP contribution in [-0.2, 0) is 4.79 Å². The zero-order valence-corrected chi connectivity index (χ0v) is 11.8. The molecule has 2 rings (SSSR count). The summed E-state index contributed by atoms with van der Waals surface area (Å²) in [7, 11) is 4.01. The molecule has 0 bridgehead atoms. The summed E-state index contributed by atoms with van der Waals surface area (Å²) in [4.78, 5) is 14.0. The van der Waals surface area contributed by atoms with Crippen molar-refractivity contribution in [1.82, 2.24) is 5.32 Å². The summed E-state index contributed by atoms with van der Waals surface area (Å²) in [5.74, 6) is 0.659. The van der Waals surface area contributed by atoms with Crippen LogP contribution in [0.3, 0.4) is 0 Å². The van der Waals surface area contributed by atoms with E-state index >= 15 is 0 Å². The number of rotatable bonds is 4. The molecule has 1 aromatic carbocycles. The van der Waals surface area contributed by atoms with Crippen molar-refractivity contribution >= 4 is 17.3 Å². The lowest BCUT2D eigenvalue weighted by atomic mass is 9.94. The second kappa shape index (κ2) is 6.57. The second-order valence-corrected chi connectivity index (χ2v) is 5.39. The molecule has 4 nitrogen and oxygen atoms in total. The van der Waals surface area contributed by atoms with Crippen molar-refractivity contribution < 1.29 is 4.79 Å². The first-order valence-corrected chi connectivity index (χ1v) is 6.93. The highest BCUT2D eigenvalue weighted by molar-refractivity contribution is 5.91. The Bertz CT molecular complexity index is 408. The fourth-order valence-electron chi connectivity index (χ4n) is 2.40. The third kappa shape index (κ3) is 4.24. The van der Waals surface area contributed by atoms with Crippen LogP contribution in [0, 0.1) is 5.92 Å². The molecule has 0 aromatic heterocycles. The quantitative estimate of drug-likeness (QED) is 0.872. The predicted molar refractivity (Wildman–Crippen MR) is 79.6 cm³/mol. The first-order valence-electron chi connectivity index (χ1n) is 6.93. The molecule has 1 saturated heterocycles. The Morgan fingerprint density at radius 3 is 2.47 bits per heavy atom. The monoisotopic (exact) mass is 261 g/mol. The Labute approximate surface area is 115 Å². The van der Waals surface area contributed by atoms with Crippen LogP contribution in [0.5, 0.6) is 0 Å². The van der Waals surface area contributed by atoms with Crippen molar-refractivity contribution in [2.45, 2.75) is 19.3 Å². The molecule has 104 valence electrons. The standard InChI is InChI=1S/C15H23N3O/c1-18(2)14-5-3-13(4-6-14)17-15(19)11-12-7-9-16-10-8-12/h3-6,12,16H,7-11H2,1-2H3,(H,17,19). The van der Waals surface area contributed by atoms with E-state index in [1.165, 1.54) is 0 Å². The van der Waals surface area contributed by atoms with Gasteiger partial charge < -0.3 is 15.5 Å². The number of carbonyl (C=O) groups excluding carboxylic acids is 1. The molecule has 1 amide bonds.